The fraction of sp³-hybridized carbons (Fsp3) is 0.533. The first-order valence-electron chi connectivity index (χ1n) is 6.76. The van der Waals surface area contributed by atoms with Gasteiger partial charge in [0, 0.05) is 4.47 Å². The number of nitrogens with one attached hydrogen (secondary N) is 1. The van der Waals surface area contributed by atoms with Crippen LogP contribution in [0.2, 0.25) is 0 Å². The molecule has 1 rings (SSSR count). The Hall–Kier alpha value is -0.870. The van der Waals surface area contributed by atoms with Gasteiger partial charge in [0.15, 0.2) is 0 Å². The minimum atomic E-state index is -0.794. The van der Waals surface area contributed by atoms with E-state index >= 15 is 0 Å². The van der Waals surface area contributed by atoms with E-state index in [4.69, 9.17) is 5.73 Å². The average Bonchev–Trinajstić information content (AvgIpc) is 2.36. The summed E-state index contributed by atoms with van der Waals surface area (Å²) in [4.78, 5) is 12.2. The van der Waals surface area contributed by atoms with E-state index in [1.807, 2.05) is 31.2 Å². The van der Waals surface area contributed by atoms with Crippen molar-refractivity contribution in [3.8, 4) is 0 Å². The summed E-state index contributed by atoms with van der Waals surface area (Å²) in [6.45, 7) is 5.88. The van der Waals surface area contributed by atoms with Gasteiger partial charge in [-0.1, -0.05) is 48.3 Å². The van der Waals surface area contributed by atoms with Gasteiger partial charge in [-0.15, -0.1) is 0 Å². The molecule has 0 aliphatic rings. The monoisotopic (exact) mass is 326 g/mol. The zero-order chi connectivity index (χ0) is 14.5. The molecular weight excluding hydrogens is 304 g/mol. The molecule has 3 N–H and O–H groups in total. The lowest BCUT2D eigenvalue weighted by atomic mass is 9.95. The number of rotatable bonds is 6. The molecule has 1 aromatic rings. The smallest absolute Gasteiger partial charge is 0.240 e. The van der Waals surface area contributed by atoms with Crippen molar-refractivity contribution in [2.24, 2.45) is 5.73 Å². The highest BCUT2D eigenvalue weighted by atomic mass is 79.9. The summed E-state index contributed by atoms with van der Waals surface area (Å²) in [6.07, 6.45) is 2.43. The molecule has 106 valence electrons. The molecule has 4 heteroatoms. The number of hydrogen-bond acceptors (Lipinski definition) is 2. The standard InChI is InChI=1S/C15H23BrN2O/c1-4-10-15(3,17)14(19)18-13(5-2)11-6-8-12(16)9-7-11/h6-9,13H,4-5,10,17H2,1-3H3,(H,18,19). The van der Waals surface area contributed by atoms with Gasteiger partial charge in [-0.2, -0.15) is 0 Å². The number of amides is 1. The number of nitrogens with two attached hydrogens (primary N) is 1. The number of hydrogen-bond donors (Lipinski definition) is 2. The van der Waals surface area contributed by atoms with E-state index < -0.39 is 5.54 Å². The van der Waals surface area contributed by atoms with Crippen molar-refractivity contribution in [2.75, 3.05) is 0 Å². The predicted molar refractivity (Wildman–Crippen MR) is 82.8 cm³/mol. The third-order valence-electron chi connectivity index (χ3n) is 3.27. The van der Waals surface area contributed by atoms with Crippen LogP contribution in [0.25, 0.3) is 0 Å². The number of benzene rings is 1. The number of carbonyl (C=O) groups excluding carboxylic acids is 1. The highest BCUT2D eigenvalue weighted by Gasteiger charge is 2.28. The number of carbonyl (C=O) groups is 1. The minimum Gasteiger partial charge on any atom is -0.348 e. The Morgan fingerprint density at radius 2 is 1.95 bits per heavy atom. The first kappa shape index (κ1) is 16.2. The van der Waals surface area contributed by atoms with Crippen LogP contribution >= 0.6 is 15.9 Å². The highest BCUT2D eigenvalue weighted by molar-refractivity contribution is 9.10. The van der Waals surface area contributed by atoms with Crippen LogP contribution < -0.4 is 11.1 Å². The van der Waals surface area contributed by atoms with Crippen LogP contribution in [0.15, 0.2) is 28.7 Å². The maximum atomic E-state index is 12.2. The quantitative estimate of drug-likeness (QED) is 0.840. The van der Waals surface area contributed by atoms with Crippen molar-refractivity contribution < 1.29 is 4.79 Å². The Bertz CT molecular complexity index is 415. The molecule has 0 fully saturated rings. The largest absolute Gasteiger partial charge is 0.348 e. The van der Waals surface area contributed by atoms with E-state index in [1.54, 1.807) is 6.92 Å². The van der Waals surface area contributed by atoms with Gasteiger partial charge in [0.05, 0.1) is 11.6 Å². The van der Waals surface area contributed by atoms with Gasteiger partial charge in [0.1, 0.15) is 0 Å². The summed E-state index contributed by atoms with van der Waals surface area (Å²) in [7, 11) is 0. The third-order valence-corrected chi connectivity index (χ3v) is 3.80. The Balaban J connectivity index is 2.77. The summed E-state index contributed by atoms with van der Waals surface area (Å²) in [5.74, 6) is -0.0795. The molecular formula is C15H23BrN2O. The number of halogens is 1. The second kappa shape index (κ2) is 7.06. The van der Waals surface area contributed by atoms with Gasteiger partial charge < -0.3 is 11.1 Å². The van der Waals surface area contributed by atoms with Crippen LogP contribution in [0.1, 0.15) is 51.6 Å². The highest BCUT2D eigenvalue weighted by Crippen LogP contribution is 2.20. The lowest BCUT2D eigenvalue weighted by molar-refractivity contribution is -0.126. The zero-order valence-electron chi connectivity index (χ0n) is 11.9. The predicted octanol–water partition coefficient (Wildman–Crippen LogP) is 3.53. The Kier molecular flexibility index (Phi) is 6.01. The lowest BCUT2D eigenvalue weighted by Gasteiger charge is -2.27. The van der Waals surface area contributed by atoms with Crippen LogP contribution in [-0.4, -0.2) is 11.4 Å². The third kappa shape index (κ3) is 4.62. The minimum absolute atomic E-state index is 0.0142. The van der Waals surface area contributed by atoms with Crippen molar-refractivity contribution in [2.45, 2.75) is 51.6 Å². The average molecular weight is 327 g/mol. The second-order valence-corrected chi connectivity index (χ2v) is 6.07. The van der Waals surface area contributed by atoms with Gasteiger partial charge in [-0.25, -0.2) is 0 Å². The Morgan fingerprint density at radius 3 is 2.42 bits per heavy atom. The fourth-order valence-corrected chi connectivity index (χ4v) is 2.34. The molecule has 1 amide bonds. The molecule has 2 unspecified atom stereocenters. The first-order chi connectivity index (χ1) is 8.90. The fourth-order valence-electron chi connectivity index (χ4n) is 2.07. The summed E-state index contributed by atoms with van der Waals surface area (Å²) < 4.78 is 1.03. The Labute approximate surface area is 124 Å². The molecule has 0 saturated heterocycles. The van der Waals surface area contributed by atoms with Crippen molar-refractivity contribution in [3.05, 3.63) is 34.3 Å². The molecule has 19 heavy (non-hydrogen) atoms. The van der Waals surface area contributed by atoms with Crippen LogP contribution in [0.4, 0.5) is 0 Å². The van der Waals surface area contributed by atoms with E-state index in [0.29, 0.717) is 6.42 Å². The van der Waals surface area contributed by atoms with Crippen LogP contribution in [-0.2, 0) is 4.79 Å². The van der Waals surface area contributed by atoms with Gasteiger partial charge >= 0.3 is 0 Å². The molecule has 0 heterocycles. The van der Waals surface area contributed by atoms with E-state index in [9.17, 15) is 4.79 Å². The van der Waals surface area contributed by atoms with Gasteiger partial charge in [-0.05, 0) is 37.5 Å². The molecule has 0 spiro atoms. The van der Waals surface area contributed by atoms with Gasteiger partial charge in [-0.3, -0.25) is 4.79 Å². The first-order valence-corrected chi connectivity index (χ1v) is 7.55. The van der Waals surface area contributed by atoms with E-state index in [1.165, 1.54) is 0 Å². The van der Waals surface area contributed by atoms with E-state index in [0.717, 1.165) is 22.9 Å². The van der Waals surface area contributed by atoms with Crippen molar-refractivity contribution in [1.29, 1.82) is 0 Å². The SMILES string of the molecule is CCCC(C)(N)C(=O)NC(CC)c1ccc(Br)cc1. The van der Waals surface area contributed by atoms with Crippen LogP contribution in [0, 0.1) is 0 Å². The van der Waals surface area contributed by atoms with Crippen LogP contribution in [0.3, 0.4) is 0 Å². The molecule has 1 aromatic carbocycles. The van der Waals surface area contributed by atoms with Crippen molar-refractivity contribution in [3.63, 3.8) is 0 Å². The van der Waals surface area contributed by atoms with Gasteiger partial charge in [0.2, 0.25) is 5.91 Å². The Morgan fingerprint density at radius 1 is 1.37 bits per heavy atom. The normalized spacial score (nSPS) is 15.6. The maximum Gasteiger partial charge on any atom is 0.240 e. The van der Waals surface area contributed by atoms with Gasteiger partial charge in [0.25, 0.3) is 0 Å². The van der Waals surface area contributed by atoms with Crippen molar-refractivity contribution >= 4 is 21.8 Å². The topological polar surface area (TPSA) is 55.1 Å². The molecule has 2 atom stereocenters. The van der Waals surface area contributed by atoms with Crippen molar-refractivity contribution in [1.82, 2.24) is 5.32 Å². The lowest BCUT2D eigenvalue weighted by Crippen LogP contribution is -2.52. The van der Waals surface area contributed by atoms with E-state index in [2.05, 4.69) is 28.2 Å². The molecule has 0 radical (unpaired) electrons. The summed E-state index contributed by atoms with van der Waals surface area (Å²) in [5, 5.41) is 3.05. The molecule has 0 aliphatic heterocycles. The zero-order valence-corrected chi connectivity index (χ0v) is 13.5. The molecule has 0 saturated carbocycles. The molecule has 0 bridgehead atoms. The summed E-state index contributed by atoms with van der Waals surface area (Å²) in [6, 6.07) is 8.02. The molecule has 0 aliphatic carbocycles. The summed E-state index contributed by atoms with van der Waals surface area (Å²) in [5.41, 5.74) is 6.37. The summed E-state index contributed by atoms with van der Waals surface area (Å²) >= 11 is 3.41. The maximum absolute atomic E-state index is 12.2. The second-order valence-electron chi connectivity index (χ2n) is 5.15. The molecule has 3 nitrogen and oxygen atoms in total. The van der Waals surface area contributed by atoms with Crippen LogP contribution in [0.5, 0.6) is 0 Å². The molecule has 0 aromatic heterocycles. The van der Waals surface area contributed by atoms with E-state index in [-0.39, 0.29) is 11.9 Å².